The van der Waals surface area contributed by atoms with Crippen molar-refractivity contribution in [2.24, 2.45) is 11.7 Å². The molecule has 1 fully saturated rings. The summed E-state index contributed by atoms with van der Waals surface area (Å²) in [7, 11) is 3.42. The van der Waals surface area contributed by atoms with Crippen LogP contribution >= 0.6 is 0 Å². The molecular weight excluding hydrogens is 156 g/mol. The number of likely N-dealkylation sites (N-methyl/N-ethyl adjacent to an activating group) is 1. The number of nitrogens with zero attached hydrogens (tertiary/aromatic N) is 1. The summed E-state index contributed by atoms with van der Waals surface area (Å²) in [5.41, 5.74) is 5.82. The molecule has 0 aromatic rings. The molecule has 0 aromatic carbocycles. The highest BCUT2D eigenvalue weighted by Crippen LogP contribution is 2.17. The van der Waals surface area contributed by atoms with Gasteiger partial charge in [0.25, 0.3) is 0 Å². The fourth-order valence-corrected chi connectivity index (χ4v) is 1.63. The predicted molar refractivity (Wildman–Crippen MR) is 45.6 cm³/mol. The average molecular weight is 172 g/mol. The van der Waals surface area contributed by atoms with Crippen LogP contribution in [0.3, 0.4) is 0 Å². The van der Waals surface area contributed by atoms with Gasteiger partial charge in [-0.05, 0) is 13.0 Å². The molecule has 0 amide bonds. The number of esters is 1. The summed E-state index contributed by atoms with van der Waals surface area (Å²) in [5.74, 6) is 0.105. The minimum Gasteiger partial charge on any atom is -0.469 e. The molecule has 0 aliphatic carbocycles. The van der Waals surface area contributed by atoms with Gasteiger partial charge >= 0.3 is 5.97 Å². The SMILES string of the molecule is COC(=O)C[C@H]1CN(C)C[C@@H]1N. The summed E-state index contributed by atoms with van der Waals surface area (Å²) in [6.45, 7) is 1.78. The average Bonchev–Trinajstić information content (AvgIpc) is 2.30. The minimum atomic E-state index is -0.161. The van der Waals surface area contributed by atoms with Gasteiger partial charge in [0, 0.05) is 19.1 Å². The number of carbonyl (C=O) groups is 1. The molecule has 1 aliphatic rings. The molecule has 1 saturated heterocycles. The summed E-state index contributed by atoms with van der Waals surface area (Å²) >= 11 is 0. The fraction of sp³-hybridized carbons (Fsp3) is 0.875. The van der Waals surface area contributed by atoms with E-state index in [1.54, 1.807) is 0 Å². The van der Waals surface area contributed by atoms with Gasteiger partial charge in [0.05, 0.1) is 13.5 Å². The van der Waals surface area contributed by atoms with E-state index in [0.29, 0.717) is 6.42 Å². The zero-order valence-electron chi connectivity index (χ0n) is 7.62. The molecule has 0 spiro atoms. The molecule has 1 aliphatic heterocycles. The second-order valence-corrected chi connectivity index (χ2v) is 3.43. The molecule has 70 valence electrons. The van der Waals surface area contributed by atoms with Crippen molar-refractivity contribution in [2.45, 2.75) is 12.5 Å². The molecule has 4 nitrogen and oxygen atoms in total. The Bertz CT molecular complexity index is 172. The van der Waals surface area contributed by atoms with E-state index >= 15 is 0 Å². The number of hydrogen-bond donors (Lipinski definition) is 1. The van der Waals surface area contributed by atoms with Crippen molar-refractivity contribution >= 4 is 5.97 Å². The quantitative estimate of drug-likeness (QED) is 0.567. The van der Waals surface area contributed by atoms with Crippen molar-refractivity contribution in [3.05, 3.63) is 0 Å². The van der Waals surface area contributed by atoms with Crippen LogP contribution in [-0.4, -0.2) is 44.2 Å². The topological polar surface area (TPSA) is 55.6 Å². The Labute approximate surface area is 72.7 Å². The van der Waals surface area contributed by atoms with Crippen LogP contribution in [0, 0.1) is 5.92 Å². The molecule has 0 unspecified atom stereocenters. The molecule has 0 saturated carbocycles. The molecule has 0 radical (unpaired) electrons. The van der Waals surface area contributed by atoms with E-state index in [4.69, 9.17) is 5.73 Å². The molecular formula is C8H16N2O2. The predicted octanol–water partition coefficient (Wildman–Crippen LogP) is -0.562. The summed E-state index contributed by atoms with van der Waals surface area (Å²) in [6, 6.07) is 0.120. The zero-order chi connectivity index (χ0) is 9.14. The molecule has 4 heteroatoms. The Hall–Kier alpha value is -0.610. The lowest BCUT2D eigenvalue weighted by Gasteiger charge is -2.11. The van der Waals surface area contributed by atoms with Crippen molar-refractivity contribution in [1.82, 2.24) is 4.90 Å². The first kappa shape index (κ1) is 9.48. The second kappa shape index (κ2) is 3.87. The van der Waals surface area contributed by atoms with Crippen LogP contribution in [0.25, 0.3) is 0 Å². The Balaban J connectivity index is 2.37. The number of methoxy groups -OCH3 is 1. The molecule has 1 heterocycles. The highest BCUT2D eigenvalue weighted by atomic mass is 16.5. The van der Waals surface area contributed by atoms with Crippen LogP contribution in [0.2, 0.25) is 0 Å². The van der Waals surface area contributed by atoms with E-state index in [2.05, 4.69) is 9.64 Å². The molecule has 1 rings (SSSR count). The molecule has 12 heavy (non-hydrogen) atoms. The van der Waals surface area contributed by atoms with Gasteiger partial charge in [-0.15, -0.1) is 0 Å². The maximum absolute atomic E-state index is 10.9. The highest BCUT2D eigenvalue weighted by molar-refractivity contribution is 5.69. The number of hydrogen-bond acceptors (Lipinski definition) is 4. The first-order valence-electron chi connectivity index (χ1n) is 4.14. The Morgan fingerprint density at radius 3 is 2.75 bits per heavy atom. The third-order valence-corrected chi connectivity index (χ3v) is 2.33. The van der Waals surface area contributed by atoms with Crippen LogP contribution in [-0.2, 0) is 9.53 Å². The summed E-state index contributed by atoms with van der Waals surface area (Å²) in [6.07, 6.45) is 0.446. The summed E-state index contributed by atoms with van der Waals surface area (Å²) in [4.78, 5) is 13.1. The molecule has 2 N–H and O–H groups in total. The van der Waals surface area contributed by atoms with Crippen LogP contribution in [0.5, 0.6) is 0 Å². The Morgan fingerprint density at radius 2 is 2.33 bits per heavy atom. The van der Waals surface area contributed by atoms with Gasteiger partial charge in [0.15, 0.2) is 0 Å². The van der Waals surface area contributed by atoms with Gasteiger partial charge < -0.3 is 15.4 Å². The first-order valence-corrected chi connectivity index (χ1v) is 4.14. The number of rotatable bonds is 2. The van der Waals surface area contributed by atoms with Crippen LogP contribution in [0.15, 0.2) is 0 Å². The van der Waals surface area contributed by atoms with E-state index in [1.807, 2.05) is 7.05 Å². The molecule has 0 bridgehead atoms. The standard InChI is InChI=1S/C8H16N2O2/c1-10-4-6(7(9)5-10)3-8(11)12-2/h6-7H,3-5,9H2,1-2H3/t6-,7-/m0/s1. The zero-order valence-corrected chi connectivity index (χ0v) is 7.62. The largest absolute Gasteiger partial charge is 0.469 e. The van der Waals surface area contributed by atoms with Gasteiger partial charge in [0.1, 0.15) is 0 Å². The minimum absolute atomic E-state index is 0.120. The van der Waals surface area contributed by atoms with Crippen molar-refractivity contribution in [1.29, 1.82) is 0 Å². The summed E-state index contributed by atoms with van der Waals surface area (Å²) < 4.78 is 4.58. The van der Waals surface area contributed by atoms with Gasteiger partial charge in [-0.1, -0.05) is 0 Å². The van der Waals surface area contributed by atoms with Gasteiger partial charge in [-0.25, -0.2) is 0 Å². The van der Waals surface area contributed by atoms with Crippen molar-refractivity contribution < 1.29 is 9.53 Å². The van der Waals surface area contributed by atoms with E-state index < -0.39 is 0 Å². The number of ether oxygens (including phenoxy) is 1. The lowest BCUT2D eigenvalue weighted by atomic mass is 10.0. The maximum Gasteiger partial charge on any atom is 0.305 e. The van der Waals surface area contributed by atoms with E-state index in [-0.39, 0.29) is 17.9 Å². The van der Waals surface area contributed by atoms with E-state index in [1.165, 1.54) is 7.11 Å². The van der Waals surface area contributed by atoms with Crippen molar-refractivity contribution in [3.63, 3.8) is 0 Å². The van der Waals surface area contributed by atoms with Gasteiger partial charge in [-0.3, -0.25) is 4.79 Å². The normalized spacial score (nSPS) is 30.6. The number of nitrogens with two attached hydrogens (primary N) is 1. The summed E-state index contributed by atoms with van der Waals surface area (Å²) in [5, 5.41) is 0. The monoisotopic (exact) mass is 172 g/mol. The van der Waals surface area contributed by atoms with Crippen LogP contribution in [0.1, 0.15) is 6.42 Å². The molecule has 2 atom stereocenters. The third kappa shape index (κ3) is 2.19. The lowest BCUT2D eigenvalue weighted by molar-refractivity contribution is -0.141. The number of carbonyl (C=O) groups excluding carboxylic acids is 1. The van der Waals surface area contributed by atoms with Crippen LogP contribution < -0.4 is 5.73 Å². The van der Waals surface area contributed by atoms with Crippen LogP contribution in [0.4, 0.5) is 0 Å². The Morgan fingerprint density at radius 1 is 1.67 bits per heavy atom. The Kier molecular flexibility index (Phi) is 3.05. The van der Waals surface area contributed by atoms with Gasteiger partial charge in [-0.2, -0.15) is 0 Å². The lowest BCUT2D eigenvalue weighted by Crippen LogP contribution is -2.30. The van der Waals surface area contributed by atoms with E-state index in [0.717, 1.165) is 13.1 Å². The second-order valence-electron chi connectivity index (χ2n) is 3.43. The first-order chi connectivity index (χ1) is 5.63. The highest BCUT2D eigenvalue weighted by Gasteiger charge is 2.29. The van der Waals surface area contributed by atoms with Crippen molar-refractivity contribution in [2.75, 3.05) is 27.2 Å². The number of likely N-dealkylation sites (tertiary alicyclic amines) is 1. The smallest absolute Gasteiger partial charge is 0.305 e. The van der Waals surface area contributed by atoms with Gasteiger partial charge in [0.2, 0.25) is 0 Å². The molecule has 0 aromatic heterocycles. The van der Waals surface area contributed by atoms with Crippen molar-refractivity contribution in [3.8, 4) is 0 Å². The maximum atomic E-state index is 10.9. The third-order valence-electron chi connectivity index (χ3n) is 2.33. The van der Waals surface area contributed by atoms with E-state index in [9.17, 15) is 4.79 Å². The fourth-order valence-electron chi connectivity index (χ4n) is 1.63.